The van der Waals surface area contributed by atoms with Crippen LogP contribution in [0.3, 0.4) is 0 Å². The molecule has 1 atom stereocenters. The van der Waals surface area contributed by atoms with Crippen LogP contribution < -0.4 is 5.32 Å². The second kappa shape index (κ2) is 6.74. The summed E-state index contributed by atoms with van der Waals surface area (Å²) < 4.78 is 7.32. The third-order valence-corrected chi connectivity index (χ3v) is 6.23. The molecule has 1 amide bonds. The quantitative estimate of drug-likeness (QED) is 0.880. The monoisotopic (exact) mass is 370 g/mol. The molecular weight excluding hydrogens is 344 g/mol. The molecule has 5 rings (SSSR count). The fourth-order valence-corrected chi connectivity index (χ4v) is 4.48. The number of aromatic nitrogens is 4. The topological polar surface area (TPSA) is 89.1 Å². The van der Waals surface area contributed by atoms with Crippen molar-refractivity contribution in [1.82, 2.24) is 30.1 Å². The van der Waals surface area contributed by atoms with Crippen molar-refractivity contribution < 1.29 is 9.32 Å². The predicted octanol–water partition coefficient (Wildman–Crippen LogP) is 1.63. The summed E-state index contributed by atoms with van der Waals surface area (Å²) in [4.78, 5) is 20.3. The van der Waals surface area contributed by atoms with Crippen LogP contribution in [0.1, 0.15) is 62.1 Å². The van der Waals surface area contributed by atoms with Crippen molar-refractivity contribution in [3.05, 3.63) is 30.2 Å². The first-order chi connectivity index (χ1) is 13.3. The average Bonchev–Trinajstić information content (AvgIpc) is 3.22. The molecule has 8 heteroatoms. The van der Waals surface area contributed by atoms with Gasteiger partial charge in [-0.15, -0.1) is 0 Å². The van der Waals surface area contributed by atoms with Gasteiger partial charge in [0.1, 0.15) is 5.54 Å². The van der Waals surface area contributed by atoms with Gasteiger partial charge in [-0.05, 0) is 57.7 Å². The summed E-state index contributed by atoms with van der Waals surface area (Å²) in [5.41, 5.74) is -0.576. The molecule has 1 unspecified atom stereocenters. The van der Waals surface area contributed by atoms with E-state index in [2.05, 4.69) is 20.6 Å². The fraction of sp³-hybridized carbons (Fsp3) is 0.684. The third-order valence-electron chi connectivity index (χ3n) is 6.23. The second-order valence-corrected chi connectivity index (χ2v) is 8.09. The molecule has 0 bridgehead atoms. The van der Waals surface area contributed by atoms with E-state index in [9.17, 15) is 4.79 Å². The number of nitrogens with zero attached hydrogens (tertiary/aromatic N) is 5. The van der Waals surface area contributed by atoms with E-state index >= 15 is 0 Å². The standard InChI is InChI=1S/C19H26N6O2/c26-18(19(6-9-20-10-7-19)25-12-2-8-21-25)24-11-1-3-15(13-24)16-22-17(27-23-16)14-4-5-14/h2,8,12,14-15,20H,1,3-7,9-11,13H2. The summed E-state index contributed by atoms with van der Waals surface area (Å²) >= 11 is 0. The Labute approximate surface area is 158 Å². The number of nitrogens with one attached hydrogen (secondary N) is 1. The minimum atomic E-state index is -0.576. The maximum absolute atomic E-state index is 13.6. The van der Waals surface area contributed by atoms with Gasteiger partial charge in [-0.3, -0.25) is 9.48 Å². The second-order valence-electron chi connectivity index (χ2n) is 8.09. The molecule has 1 saturated carbocycles. The molecule has 2 aromatic heterocycles. The van der Waals surface area contributed by atoms with E-state index in [0.717, 1.165) is 69.9 Å². The molecule has 1 aliphatic carbocycles. The third kappa shape index (κ3) is 3.05. The number of rotatable bonds is 4. The number of amides is 1. The maximum atomic E-state index is 13.6. The van der Waals surface area contributed by atoms with E-state index in [1.54, 1.807) is 6.20 Å². The molecule has 0 spiro atoms. The van der Waals surface area contributed by atoms with E-state index in [1.807, 2.05) is 21.8 Å². The first-order valence-electron chi connectivity index (χ1n) is 10.1. The molecule has 1 N–H and O–H groups in total. The van der Waals surface area contributed by atoms with Gasteiger partial charge in [0, 0.05) is 37.3 Å². The van der Waals surface area contributed by atoms with Crippen molar-refractivity contribution in [2.45, 2.75) is 55.9 Å². The van der Waals surface area contributed by atoms with E-state index < -0.39 is 5.54 Å². The van der Waals surface area contributed by atoms with Crippen molar-refractivity contribution in [2.24, 2.45) is 0 Å². The lowest BCUT2D eigenvalue weighted by Crippen LogP contribution is -2.57. The lowest BCUT2D eigenvalue weighted by atomic mass is 9.85. The molecule has 4 heterocycles. The van der Waals surface area contributed by atoms with Gasteiger partial charge in [0.25, 0.3) is 5.91 Å². The summed E-state index contributed by atoms with van der Waals surface area (Å²) in [6, 6.07) is 1.90. The summed E-state index contributed by atoms with van der Waals surface area (Å²) in [7, 11) is 0. The first kappa shape index (κ1) is 16.9. The van der Waals surface area contributed by atoms with Crippen LogP contribution in [-0.2, 0) is 10.3 Å². The molecule has 3 aliphatic rings. The first-order valence-corrected chi connectivity index (χ1v) is 10.1. The highest BCUT2D eigenvalue weighted by atomic mass is 16.5. The summed E-state index contributed by atoms with van der Waals surface area (Å²) in [5.74, 6) is 2.36. The van der Waals surface area contributed by atoms with Crippen molar-refractivity contribution in [3.63, 3.8) is 0 Å². The molecule has 0 radical (unpaired) electrons. The highest BCUT2D eigenvalue weighted by molar-refractivity contribution is 5.85. The number of likely N-dealkylation sites (tertiary alicyclic amines) is 1. The number of carbonyl (C=O) groups is 1. The Morgan fingerprint density at radius 1 is 1.22 bits per heavy atom. The van der Waals surface area contributed by atoms with E-state index in [0.29, 0.717) is 12.5 Å². The van der Waals surface area contributed by atoms with Crippen LogP contribution in [-0.4, -0.2) is 56.9 Å². The van der Waals surface area contributed by atoms with Crippen LogP contribution in [0.4, 0.5) is 0 Å². The summed E-state index contributed by atoms with van der Waals surface area (Å²) in [6.07, 6.45) is 9.49. The molecule has 2 aromatic rings. The lowest BCUT2D eigenvalue weighted by Gasteiger charge is -2.42. The largest absolute Gasteiger partial charge is 0.340 e. The molecule has 2 saturated heterocycles. The molecular formula is C19H26N6O2. The van der Waals surface area contributed by atoms with Gasteiger partial charge in [-0.1, -0.05) is 5.16 Å². The van der Waals surface area contributed by atoms with Crippen LogP contribution in [0, 0.1) is 0 Å². The molecule has 2 aliphatic heterocycles. The number of piperidine rings is 2. The highest BCUT2D eigenvalue weighted by Gasteiger charge is 2.45. The Kier molecular flexibility index (Phi) is 4.22. The Morgan fingerprint density at radius 2 is 2.07 bits per heavy atom. The molecule has 27 heavy (non-hydrogen) atoms. The van der Waals surface area contributed by atoms with Gasteiger partial charge in [0.15, 0.2) is 5.82 Å². The predicted molar refractivity (Wildman–Crippen MR) is 97.1 cm³/mol. The van der Waals surface area contributed by atoms with E-state index in [4.69, 9.17) is 4.52 Å². The van der Waals surface area contributed by atoms with E-state index in [1.165, 1.54) is 0 Å². The van der Waals surface area contributed by atoms with Crippen molar-refractivity contribution >= 4 is 5.91 Å². The average molecular weight is 370 g/mol. The highest BCUT2D eigenvalue weighted by Crippen LogP contribution is 2.40. The van der Waals surface area contributed by atoms with Crippen LogP contribution in [0.2, 0.25) is 0 Å². The van der Waals surface area contributed by atoms with Gasteiger partial charge in [-0.25, -0.2) is 0 Å². The minimum Gasteiger partial charge on any atom is -0.340 e. The summed E-state index contributed by atoms with van der Waals surface area (Å²) in [5, 5.41) is 12.0. The van der Waals surface area contributed by atoms with Gasteiger partial charge < -0.3 is 14.7 Å². The molecule has 8 nitrogen and oxygen atoms in total. The van der Waals surface area contributed by atoms with Gasteiger partial charge >= 0.3 is 0 Å². The Balaban J connectivity index is 1.36. The fourth-order valence-electron chi connectivity index (χ4n) is 4.48. The normalized spacial score (nSPS) is 25.5. The number of hydrogen-bond donors (Lipinski definition) is 1. The van der Waals surface area contributed by atoms with Crippen molar-refractivity contribution in [3.8, 4) is 0 Å². The zero-order chi connectivity index (χ0) is 18.3. The maximum Gasteiger partial charge on any atom is 0.250 e. The lowest BCUT2D eigenvalue weighted by molar-refractivity contribution is -0.144. The van der Waals surface area contributed by atoms with Crippen molar-refractivity contribution in [2.75, 3.05) is 26.2 Å². The Bertz CT molecular complexity index is 791. The number of carbonyl (C=O) groups excluding carboxylic acids is 1. The van der Waals surface area contributed by atoms with Crippen LogP contribution in [0.15, 0.2) is 23.0 Å². The van der Waals surface area contributed by atoms with E-state index in [-0.39, 0.29) is 11.8 Å². The van der Waals surface area contributed by atoms with Crippen molar-refractivity contribution in [1.29, 1.82) is 0 Å². The van der Waals surface area contributed by atoms with Gasteiger partial charge in [0.05, 0.1) is 0 Å². The molecule has 144 valence electrons. The van der Waals surface area contributed by atoms with Gasteiger partial charge in [0.2, 0.25) is 5.89 Å². The SMILES string of the molecule is O=C(N1CCCC(c2noc(C3CC3)n2)C1)C1(n2cccn2)CCNCC1. The van der Waals surface area contributed by atoms with Gasteiger partial charge in [-0.2, -0.15) is 10.1 Å². The molecule has 0 aromatic carbocycles. The smallest absolute Gasteiger partial charge is 0.250 e. The summed E-state index contributed by atoms with van der Waals surface area (Å²) in [6.45, 7) is 3.12. The Hall–Kier alpha value is -2.22. The zero-order valence-electron chi connectivity index (χ0n) is 15.5. The van der Waals surface area contributed by atoms with Crippen LogP contribution in [0.25, 0.3) is 0 Å². The Morgan fingerprint density at radius 3 is 2.81 bits per heavy atom. The van der Waals surface area contributed by atoms with Crippen LogP contribution in [0.5, 0.6) is 0 Å². The zero-order valence-corrected chi connectivity index (χ0v) is 15.5. The minimum absolute atomic E-state index is 0.162. The number of hydrogen-bond acceptors (Lipinski definition) is 6. The molecule has 3 fully saturated rings. The van der Waals surface area contributed by atoms with Crippen LogP contribution >= 0.6 is 0 Å².